The number of halogens is 1. The van der Waals surface area contributed by atoms with Crippen LogP contribution in [-0.2, 0) is 27.4 Å². The number of piperazine rings is 1. The molecule has 1 saturated heterocycles. The molecule has 0 atom stereocenters. The summed E-state index contributed by atoms with van der Waals surface area (Å²) in [6.45, 7) is 13.1. The molecule has 6 nitrogen and oxygen atoms in total. The minimum absolute atomic E-state index is 0.0196. The van der Waals surface area contributed by atoms with Gasteiger partial charge in [0.1, 0.15) is 0 Å². The topological polar surface area (TPSA) is 69.7 Å². The average molecular weight is 656 g/mol. The molecule has 1 amide bonds. The lowest BCUT2D eigenvalue weighted by molar-refractivity contribution is 0.0981. The molecule has 6 rings (SSSR count). The molecule has 4 aromatic rings. The maximum atomic E-state index is 13.3. The summed E-state index contributed by atoms with van der Waals surface area (Å²) in [6.07, 6.45) is 2.02. The summed E-state index contributed by atoms with van der Waals surface area (Å²) in [7, 11) is -4.04. The third-order valence-corrected chi connectivity index (χ3v) is 11.4. The molecule has 1 heterocycles. The highest BCUT2D eigenvalue weighted by atomic mass is 35.5. The van der Waals surface area contributed by atoms with E-state index in [-0.39, 0.29) is 15.7 Å². The molecule has 8 heteroatoms. The number of anilines is 1. The molecule has 46 heavy (non-hydrogen) atoms. The van der Waals surface area contributed by atoms with Crippen LogP contribution in [0.15, 0.2) is 95.9 Å². The molecule has 0 spiro atoms. The summed E-state index contributed by atoms with van der Waals surface area (Å²) in [5.41, 5.74) is 7.04. The Morgan fingerprint density at radius 2 is 1.41 bits per heavy atom. The largest absolute Gasteiger partial charge is 0.369 e. The minimum Gasteiger partial charge on any atom is -0.369 e. The standard InChI is InChI=1S/C38H42ClN3O3S/c1-37(2)19-20-38(3,4)35-25-32(17-18-34(35)37)46(44,45)40-36(43)28-11-15-31(16-12-28)42-23-21-41(22-24-42)26-29-7-5-6-8-33(29)27-9-13-30(39)14-10-27/h5-18,25H,19-24,26H2,1-4H3,(H,40,43). The molecule has 0 saturated carbocycles. The second-order valence-corrected chi connectivity index (χ2v) is 16.0. The molecule has 1 aliphatic carbocycles. The van der Waals surface area contributed by atoms with Crippen LogP contribution in [0.3, 0.4) is 0 Å². The fraction of sp³-hybridized carbons (Fsp3) is 0.342. The molecule has 0 bridgehead atoms. The predicted molar refractivity (Wildman–Crippen MR) is 187 cm³/mol. The van der Waals surface area contributed by atoms with E-state index in [1.54, 1.807) is 24.3 Å². The fourth-order valence-corrected chi connectivity index (χ4v) is 7.90. The van der Waals surface area contributed by atoms with Crippen molar-refractivity contribution in [1.82, 2.24) is 9.62 Å². The van der Waals surface area contributed by atoms with Gasteiger partial charge in [-0.3, -0.25) is 9.69 Å². The number of nitrogens with zero attached hydrogens (tertiary/aromatic N) is 2. The van der Waals surface area contributed by atoms with E-state index in [9.17, 15) is 13.2 Å². The van der Waals surface area contributed by atoms with Gasteiger partial charge in [0.05, 0.1) is 4.90 Å². The van der Waals surface area contributed by atoms with Gasteiger partial charge in [0.2, 0.25) is 0 Å². The summed E-state index contributed by atoms with van der Waals surface area (Å²) in [4.78, 5) is 18.0. The number of fused-ring (bicyclic) bond motifs is 1. The van der Waals surface area contributed by atoms with Gasteiger partial charge in [0.25, 0.3) is 15.9 Å². The van der Waals surface area contributed by atoms with Crippen molar-refractivity contribution in [3.63, 3.8) is 0 Å². The van der Waals surface area contributed by atoms with Crippen LogP contribution in [0, 0.1) is 0 Å². The second-order valence-electron chi connectivity index (χ2n) is 13.9. The van der Waals surface area contributed by atoms with E-state index < -0.39 is 15.9 Å². The van der Waals surface area contributed by atoms with Crippen molar-refractivity contribution in [2.45, 2.75) is 62.8 Å². The number of carbonyl (C=O) groups excluding carboxylic acids is 1. The number of hydrogen-bond acceptors (Lipinski definition) is 5. The quantitative estimate of drug-likeness (QED) is 0.220. The van der Waals surface area contributed by atoms with Gasteiger partial charge in [-0.05, 0) is 100 Å². The van der Waals surface area contributed by atoms with Gasteiger partial charge in [-0.1, -0.05) is 81.8 Å². The van der Waals surface area contributed by atoms with E-state index in [1.165, 1.54) is 16.7 Å². The van der Waals surface area contributed by atoms with Crippen LogP contribution >= 0.6 is 11.6 Å². The van der Waals surface area contributed by atoms with Gasteiger partial charge in [-0.2, -0.15) is 0 Å². The fourth-order valence-electron chi connectivity index (χ4n) is 6.77. The minimum atomic E-state index is -4.04. The second kappa shape index (κ2) is 12.5. The van der Waals surface area contributed by atoms with Crippen LogP contribution in [0.5, 0.6) is 0 Å². The van der Waals surface area contributed by atoms with Gasteiger partial charge in [0.15, 0.2) is 0 Å². The first kappa shape index (κ1) is 32.3. The van der Waals surface area contributed by atoms with Gasteiger partial charge in [0, 0.05) is 49.0 Å². The van der Waals surface area contributed by atoms with Crippen molar-refractivity contribution >= 4 is 33.2 Å². The number of hydrogen-bond donors (Lipinski definition) is 1. The van der Waals surface area contributed by atoms with E-state index in [2.05, 4.69) is 78.6 Å². The Labute approximate surface area is 278 Å². The lowest BCUT2D eigenvalue weighted by Gasteiger charge is -2.42. The highest BCUT2D eigenvalue weighted by Crippen LogP contribution is 2.46. The molecule has 240 valence electrons. The number of amides is 1. The van der Waals surface area contributed by atoms with E-state index in [4.69, 9.17) is 11.6 Å². The Balaban J connectivity index is 1.08. The van der Waals surface area contributed by atoms with E-state index in [0.717, 1.165) is 67.4 Å². The molecular weight excluding hydrogens is 614 g/mol. The lowest BCUT2D eigenvalue weighted by atomic mass is 9.63. The Morgan fingerprint density at radius 3 is 2.09 bits per heavy atom. The van der Waals surface area contributed by atoms with Crippen molar-refractivity contribution in [3.8, 4) is 11.1 Å². The monoisotopic (exact) mass is 655 g/mol. The number of nitrogens with one attached hydrogen (secondary N) is 1. The van der Waals surface area contributed by atoms with E-state index in [0.29, 0.717) is 5.56 Å². The molecule has 1 fully saturated rings. The smallest absolute Gasteiger partial charge is 0.264 e. The first-order valence-electron chi connectivity index (χ1n) is 16.0. The molecule has 4 aromatic carbocycles. The van der Waals surface area contributed by atoms with Gasteiger partial charge < -0.3 is 4.90 Å². The summed E-state index contributed by atoms with van der Waals surface area (Å²) in [5.74, 6) is -0.631. The summed E-state index contributed by atoms with van der Waals surface area (Å²) < 4.78 is 28.9. The Bertz CT molecular complexity index is 1840. The van der Waals surface area contributed by atoms with Gasteiger partial charge in [-0.25, -0.2) is 13.1 Å². The van der Waals surface area contributed by atoms with Gasteiger partial charge >= 0.3 is 0 Å². The van der Waals surface area contributed by atoms with Crippen LogP contribution in [0.2, 0.25) is 5.02 Å². The molecule has 0 aromatic heterocycles. The van der Waals surface area contributed by atoms with Crippen LogP contribution in [0.1, 0.15) is 67.6 Å². The van der Waals surface area contributed by atoms with Crippen molar-refractivity contribution in [1.29, 1.82) is 0 Å². The zero-order valence-corrected chi connectivity index (χ0v) is 28.6. The summed E-state index contributed by atoms with van der Waals surface area (Å²) in [5, 5.41) is 0.731. The van der Waals surface area contributed by atoms with Crippen LogP contribution in [-0.4, -0.2) is 45.4 Å². The Hall–Kier alpha value is -3.65. The first-order chi connectivity index (χ1) is 21.8. The Morgan fingerprint density at radius 1 is 0.783 bits per heavy atom. The molecular formula is C38H42ClN3O3S. The van der Waals surface area contributed by atoms with Crippen LogP contribution in [0.25, 0.3) is 11.1 Å². The number of sulfonamides is 1. The molecule has 1 aliphatic heterocycles. The maximum absolute atomic E-state index is 13.3. The van der Waals surface area contributed by atoms with Crippen LogP contribution < -0.4 is 9.62 Å². The molecule has 1 N–H and O–H groups in total. The third kappa shape index (κ3) is 6.73. The lowest BCUT2D eigenvalue weighted by Crippen LogP contribution is -2.46. The normalized spacial score (nSPS) is 17.7. The maximum Gasteiger partial charge on any atom is 0.264 e. The summed E-state index contributed by atoms with van der Waals surface area (Å²) in [6, 6.07) is 29.0. The molecule has 0 radical (unpaired) electrons. The average Bonchev–Trinajstić information content (AvgIpc) is 3.04. The molecule has 2 aliphatic rings. The highest BCUT2D eigenvalue weighted by molar-refractivity contribution is 7.90. The van der Waals surface area contributed by atoms with Crippen molar-refractivity contribution in [3.05, 3.63) is 118 Å². The molecule has 0 unspecified atom stereocenters. The van der Waals surface area contributed by atoms with E-state index >= 15 is 0 Å². The summed E-state index contributed by atoms with van der Waals surface area (Å²) >= 11 is 6.11. The zero-order chi connectivity index (χ0) is 32.7. The number of rotatable bonds is 7. The third-order valence-electron chi connectivity index (χ3n) is 9.80. The van der Waals surface area contributed by atoms with Crippen molar-refractivity contribution in [2.75, 3.05) is 31.1 Å². The predicted octanol–water partition coefficient (Wildman–Crippen LogP) is 7.80. The zero-order valence-electron chi connectivity index (χ0n) is 27.0. The first-order valence-corrected chi connectivity index (χ1v) is 17.8. The van der Waals surface area contributed by atoms with Crippen molar-refractivity contribution in [2.24, 2.45) is 0 Å². The highest BCUT2D eigenvalue weighted by Gasteiger charge is 2.38. The number of benzene rings is 4. The van der Waals surface area contributed by atoms with Crippen molar-refractivity contribution < 1.29 is 13.2 Å². The SMILES string of the molecule is CC1(C)CCC(C)(C)c2cc(S(=O)(=O)NC(=O)c3ccc(N4CCN(Cc5ccccc5-c5ccc(Cl)cc5)CC4)cc3)ccc21. The number of carbonyl (C=O) groups is 1. The van der Waals surface area contributed by atoms with Gasteiger partial charge in [-0.15, -0.1) is 0 Å². The van der Waals surface area contributed by atoms with E-state index in [1.807, 2.05) is 30.3 Å². The Kier molecular flexibility index (Phi) is 8.79. The van der Waals surface area contributed by atoms with Crippen LogP contribution in [0.4, 0.5) is 5.69 Å².